The maximum absolute atomic E-state index is 7.84. The van der Waals surface area contributed by atoms with Crippen LogP contribution < -0.4 is 4.57 Å². The Kier molecular flexibility index (Phi) is 2.83. The lowest BCUT2D eigenvalue weighted by Gasteiger charge is -2.07. The number of hydrogen-bond donors (Lipinski definition) is 0. The van der Waals surface area contributed by atoms with Crippen molar-refractivity contribution in [3.63, 3.8) is 0 Å². The molecule has 0 spiro atoms. The van der Waals surface area contributed by atoms with Crippen LogP contribution >= 0.6 is 0 Å². The highest BCUT2D eigenvalue weighted by atomic mass is 16.3. The Labute approximate surface area is 177 Å². The topological polar surface area (TPSA) is 43.0 Å². The van der Waals surface area contributed by atoms with E-state index in [9.17, 15) is 0 Å². The zero-order valence-corrected chi connectivity index (χ0v) is 16.9. The van der Waals surface area contributed by atoms with Gasteiger partial charge in [0.1, 0.15) is 12.6 Å². The normalized spacial score (nSPS) is 13.9. The third-order valence-electron chi connectivity index (χ3n) is 5.96. The van der Waals surface area contributed by atoms with Crippen LogP contribution in [-0.2, 0) is 7.05 Å². The van der Waals surface area contributed by atoms with Gasteiger partial charge in [-0.1, -0.05) is 30.3 Å². The number of para-hydroxylation sites is 1. The molecule has 4 heteroatoms. The maximum Gasteiger partial charge on any atom is 0.228 e. The third-order valence-corrected chi connectivity index (χ3v) is 5.96. The Bertz CT molecular complexity index is 1740. The van der Waals surface area contributed by atoms with Gasteiger partial charge in [-0.15, -0.1) is 0 Å². The van der Waals surface area contributed by atoms with Crippen LogP contribution in [-0.4, -0.2) is 4.98 Å². The first-order valence-electron chi connectivity index (χ1n) is 11.4. The van der Waals surface area contributed by atoms with Crippen LogP contribution in [0.15, 0.2) is 63.7 Å². The molecule has 146 valence electrons. The first-order valence-corrected chi connectivity index (χ1v) is 9.87. The minimum Gasteiger partial charge on any atom is -0.454 e. The lowest BCUT2D eigenvalue weighted by molar-refractivity contribution is -0.660. The number of fused-ring (bicyclic) bond motifs is 7. The molecule has 4 nitrogen and oxygen atoms in total. The average molecular weight is 396 g/mol. The number of hydrogen-bond acceptors (Lipinski definition) is 3. The molecule has 0 N–H and O–H groups in total. The van der Waals surface area contributed by atoms with Crippen molar-refractivity contribution < 1.29 is 17.5 Å². The fraction of sp³-hybridized carbons (Fsp3) is 0.154. The van der Waals surface area contributed by atoms with E-state index in [1.807, 2.05) is 55.8 Å². The Hall–Kier alpha value is -3.66. The molecule has 0 radical (unpaired) electrons. The van der Waals surface area contributed by atoms with Crippen molar-refractivity contribution >= 4 is 44.0 Å². The summed E-state index contributed by atoms with van der Waals surface area (Å²) in [5.41, 5.74) is 6.72. The number of nitrogens with zero attached hydrogens (tertiary/aromatic N) is 2. The molecule has 0 amide bonds. The van der Waals surface area contributed by atoms with Crippen molar-refractivity contribution in [3.8, 4) is 11.3 Å². The largest absolute Gasteiger partial charge is 0.454 e. The van der Waals surface area contributed by atoms with Crippen molar-refractivity contribution in [2.24, 2.45) is 7.05 Å². The molecular formula is C26H21N2O2+. The van der Waals surface area contributed by atoms with E-state index in [4.69, 9.17) is 12.9 Å². The second kappa shape index (κ2) is 5.92. The molecule has 0 saturated carbocycles. The molecule has 6 aromatic rings. The highest BCUT2D eigenvalue weighted by Crippen LogP contribution is 2.42. The first kappa shape index (κ1) is 14.3. The predicted octanol–water partition coefficient (Wildman–Crippen LogP) is 6.30. The molecule has 6 rings (SSSR count). The van der Waals surface area contributed by atoms with Crippen LogP contribution in [0.5, 0.6) is 0 Å². The molecule has 4 aromatic heterocycles. The van der Waals surface area contributed by atoms with Crippen molar-refractivity contribution in [2.75, 3.05) is 0 Å². The van der Waals surface area contributed by atoms with Crippen molar-refractivity contribution in [2.45, 2.75) is 20.7 Å². The van der Waals surface area contributed by atoms with Gasteiger partial charge in [0.05, 0.1) is 17.1 Å². The number of rotatable bonds is 1. The second-order valence-corrected chi connectivity index (χ2v) is 7.88. The molecule has 0 saturated heterocycles. The zero-order chi connectivity index (χ0) is 23.1. The first-order chi connectivity index (χ1) is 15.7. The Balaban J connectivity index is 1.73. The summed E-state index contributed by atoms with van der Waals surface area (Å²) in [4.78, 5) is 4.55. The van der Waals surface area contributed by atoms with E-state index in [1.165, 1.54) is 0 Å². The summed E-state index contributed by atoms with van der Waals surface area (Å²) in [5, 5.41) is 3.88. The molecule has 30 heavy (non-hydrogen) atoms. The fourth-order valence-electron chi connectivity index (χ4n) is 4.43. The summed E-state index contributed by atoms with van der Waals surface area (Å²) in [6, 6.07) is 14.0. The Morgan fingerprint density at radius 2 is 1.77 bits per heavy atom. The van der Waals surface area contributed by atoms with Crippen molar-refractivity contribution in [1.82, 2.24) is 4.98 Å². The van der Waals surface area contributed by atoms with Crippen molar-refractivity contribution in [3.05, 3.63) is 71.5 Å². The summed E-state index contributed by atoms with van der Waals surface area (Å²) in [5.74, 6) is 0. The van der Waals surface area contributed by atoms with Crippen LogP contribution in [0, 0.1) is 20.7 Å². The van der Waals surface area contributed by atoms with E-state index in [-0.39, 0.29) is 0 Å². The highest BCUT2D eigenvalue weighted by molar-refractivity contribution is 6.25. The molecule has 0 bridgehead atoms. The number of benzene rings is 2. The summed E-state index contributed by atoms with van der Waals surface area (Å²) in [7, 11) is 1.87. The van der Waals surface area contributed by atoms with Crippen LogP contribution in [0.1, 0.15) is 20.8 Å². The molecule has 2 aromatic carbocycles. The number of aromatic nitrogens is 2. The summed E-state index contributed by atoms with van der Waals surface area (Å²) < 4.78 is 37.8. The molecule has 0 fully saturated rings. The van der Waals surface area contributed by atoms with Gasteiger partial charge in [0, 0.05) is 31.9 Å². The van der Waals surface area contributed by atoms with Crippen LogP contribution in [0.2, 0.25) is 0 Å². The van der Waals surface area contributed by atoms with E-state index < -0.39 is 6.85 Å². The smallest absolute Gasteiger partial charge is 0.228 e. The lowest BCUT2D eigenvalue weighted by Crippen LogP contribution is -2.31. The van der Waals surface area contributed by atoms with E-state index in [0.29, 0.717) is 11.3 Å². The number of furan rings is 2. The molecule has 0 atom stereocenters. The third kappa shape index (κ3) is 2.22. The van der Waals surface area contributed by atoms with E-state index in [0.717, 1.165) is 60.7 Å². The maximum atomic E-state index is 7.84. The van der Waals surface area contributed by atoms with Gasteiger partial charge in [-0.05, 0) is 37.9 Å². The summed E-state index contributed by atoms with van der Waals surface area (Å²) >= 11 is 0. The average Bonchev–Trinajstić information content (AvgIpc) is 3.32. The van der Waals surface area contributed by atoms with Gasteiger partial charge in [-0.3, -0.25) is 0 Å². The monoisotopic (exact) mass is 396 g/mol. The minimum absolute atomic E-state index is 0.344. The molecular weight excluding hydrogens is 372 g/mol. The van der Waals surface area contributed by atoms with E-state index >= 15 is 0 Å². The predicted molar refractivity (Wildman–Crippen MR) is 120 cm³/mol. The SMILES string of the molecule is [2H]C([2H])([2H])c1c[n+](C)c(-c2c(C)ccc3c2oc2ncc4oc5ccccc5c4c23)cc1C. The van der Waals surface area contributed by atoms with Gasteiger partial charge in [0.2, 0.25) is 11.4 Å². The highest BCUT2D eigenvalue weighted by Gasteiger charge is 2.24. The van der Waals surface area contributed by atoms with Gasteiger partial charge >= 0.3 is 0 Å². The second-order valence-electron chi connectivity index (χ2n) is 7.88. The van der Waals surface area contributed by atoms with Gasteiger partial charge < -0.3 is 8.83 Å². The lowest BCUT2D eigenvalue weighted by atomic mass is 9.98. The van der Waals surface area contributed by atoms with Gasteiger partial charge in [0.25, 0.3) is 0 Å². The number of aryl methyl sites for hydroxylation is 4. The minimum atomic E-state index is -2.17. The summed E-state index contributed by atoms with van der Waals surface area (Å²) in [6.07, 6.45) is 3.40. The molecule has 0 aliphatic carbocycles. The van der Waals surface area contributed by atoms with Gasteiger partial charge in [-0.25, -0.2) is 9.55 Å². The number of pyridine rings is 2. The van der Waals surface area contributed by atoms with Crippen LogP contribution in [0.25, 0.3) is 55.3 Å². The molecule has 4 heterocycles. The van der Waals surface area contributed by atoms with E-state index in [1.54, 1.807) is 12.4 Å². The Morgan fingerprint density at radius 3 is 2.63 bits per heavy atom. The standard InChI is InChI=1S/C26H21N2O2/c1-14-9-10-18-24-23-17-7-5-6-8-20(17)29-21(23)12-27-26(24)30-25(18)22(14)19-11-15(2)16(3)13-28(19)4/h5-13H,1-4H3/q+1/i3D3. The quantitative estimate of drug-likeness (QED) is 0.306. The van der Waals surface area contributed by atoms with Crippen LogP contribution in [0.4, 0.5) is 0 Å². The summed E-state index contributed by atoms with van der Waals surface area (Å²) in [6.45, 7) is 1.70. The Morgan fingerprint density at radius 1 is 0.900 bits per heavy atom. The van der Waals surface area contributed by atoms with Gasteiger partial charge in [0.15, 0.2) is 17.4 Å². The van der Waals surface area contributed by atoms with Crippen LogP contribution in [0.3, 0.4) is 0 Å². The molecule has 0 aliphatic rings. The molecule has 0 aliphatic heterocycles. The van der Waals surface area contributed by atoms with Crippen molar-refractivity contribution in [1.29, 1.82) is 0 Å². The molecule has 0 unspecified atom stereocenters. The zero-order valence-electron chi connectivity index (χ0n) is 19.9. The van der Waals surface area contributed by atoms with E-state index in [2.05, 4.69) is 17.1 Å². The van der Waals surface area contributed by atoms with Gasteiger partial charge in [-0.2, -0.15) is 0 Å². The fourth-order valence-corrected chi connectivity index (χ4v) is 4.43.